The van der Waals surface area contributed by atoms with E-state index in [1.54, 1.807) is 6.20 Å². The van der Waals surface area contributed by atoms with Crippen molar-refractivity contribution in [2.45, 2.75) is 109 Å². The molecule has 0 radical (unpaired) electrons. The van der Waals surface area contributed by atoms with E-state index in [2.05, 4.69) is 36.6 Å². The second kappa shape index (κ2) is 16.6. The van der Waals surface area contributed by atoms with Gasteiger partial charge in [0.05, 0.1) is 12.9 Å². The first-order valence-corrected chi connectivity index (χ1v) is 17.1. The molecule has 2 aromatic rings. The fourth-order valence-electron chi connectivity index (χ4n) is 6.37. The second-order valence-electron chi connectivity index (χ2n) is 14.0. The van der Waals surface area contributed by atoms with Crippen LogP contribution in [0.15, 0.2) is 42.9 Å². The molecule has 0 unspecified atom stereocenters. The number of H-pyrrole nitrogens is 1. The SMILES string of the molecule is CC(C)CC(=O)N[C@@H](Cc1cnc[nH]1)C(=O)NC(C)(C)C(=O)NCC(=O)N1CCC[C@H]1C(=O)NC1(C(=O)NCc2ccccc2)CCCC1. The maximum Gasteiger partial charge on any atom is 0.246 e. The maximum absolute atomic E-state index is 13.6. The second-order valence-corrected chi connectivity index (χ2v) is 14.0. The quantitative estimate of drug-likeness (QED) is 0.163. The number of imidazole rings is 1. The molecule has 6 N–H and O–H groups in total. The van der Waals surface area contributed by atoms with E-state index in [9.17, 15) is 28.8 Å². The van der Waals surface area contributed by atoms with Crippen molar-refractivity contribution in [1.82, 2.24) is 41.5 Å². The average molecular weight is 679 g/mol. The third kappa shape index (κ3) is 10.1. The highest BCUT2D eigenvalue weighted by Gasteiger charge is 2.45. The Kier molecular flexibility index (Phi) is 12.5. The molecule has 2 heterocycles. The van der Waals surface area contributed by atoms with Crippen molar-refractivity contribution in [1.29, 1.82) is 0 Å². The fraction of sp³-hybridized carbons (Fsp3) is 0.571. The summed E-state index contributed by atoms with van der Waals surface area (Å²) in [6.45, 7) is 7.11. The highest BCUT2D eigenvalue weighted by molar-refractivity contribution is 5.97. The molecule has 1 saturated heterocycles. The third-order valence-corrected chi connectivity index (χ3v) is 9.05. The molecule has 1 saturated carbocycles. The lowest BCUT2D eigenvalue weighted by atomic mass is 9.95. The molecule has 2 atom stereocenters. The van der Waals surface area contributed by atoms with Crippen LogP contribution in [0.5, 0.6) is 0 Å². The summed E-state index contributed by atoms with van der Waals surface area (Å²) in [5.74, 6) is -2.44. The summed E-state index contributed by atoms with van der Waals surface area (Å²) >= 11 is 0. The van der Waals surface area contributed by atoms with Gasteiger partial charge in [0, 0.05) is 37.8 Å². The van der Waals surface area contributed by atoms with Crippen molar-refractivity contribution in [3.8, 4) is 0 Å². The number of nitrogens with zero attached hydrogens (tertiary/aromatic N) is 2. The van der Waals surface area contributed by atoms with Gasteiger partial charge in [0.25, 0.3) is 0 Å². The zero-order chi connectivity index (χ0) is 35.6. The predicted octanol–water partition coefficient (Wildman–Crippen LogP) is 1.23. The van der Waals surface area contributed by atoms with Gasteiger partial charge in [0.1, 0.15) is 23.2 Å². The number of rotatable bonds is 15. The molecule has 6 amide bonds. The van der Waals surface area contributed by atoms with E-state index < -0.39 is 40.9 Å². The van der Waals surface area contributed by atoms with Crippen LogP contribution in [0.1, 0.15) is 83.9 Å². The minimum Gasteiger partial charge on any atom is -0.350 e. The van der Waals surface area contributed by atoms with Crippen molar-refractivity contribution in [2.75, 3.05) is 13.1 Å². The molecule has 14 nitrogen and oxygen atoms in total. The first-order valence-electron chi connectivity index (χ1n) is 17.1. The number of carbonyl (C=O) groups excluding carboxylic acids is 6. The summed E-state index contributed by atoms with van der Waals surface area (Å²) in [7, 11) is 0. The minimum absolute atomic E-state index is 0.0881. The number of nitrogens with one attached hydrogen (secondary N) is 6. The van der Waals surface area contributed by atoms with Crippen LogP contribution in [0.3, 0.4) is 0 Å². The monoisotopic (exact) mass is 678 g/mol. The number of likely N-dealkylation sites (tertiary alicyclic amines) is 1. The number of aromatic nitrogens is 2. The Morgan fingerprint density at radius 1 is 1.02 bits per heavy atom. The largest absolute Gasteiger partial charge is 0.350 e. The average Bonchev–Trinajstić information content (AvgIpc) is 3.85. The van der Waals surface area contributed by atoms with Gasteiger partial charge < -0.3 is 36.5 Å². The third-order valence-electron chi connectivity index (χ3n) is 9.05. The Morgan fingerprint density at radius 2 is 1.73 bits per heavy atom. The molecule has 49 heavy (non-hydrogen) atoms. The Bertz CT molecular complexity index is 1470. The summed E-state index contributed by atoms with van der Waals surface area (Å²) in [5.41, 5.74) is -0.886. The fourth-order valence-corrected chi connectivity index (χ4v) is 6.37. The van der Waals surface area contributed by atoms with Crippen LogP contribution in [0, 0.1) is 5.92 Å². The van der Waals surface area contributed by atoms with Crippen LogP contribution in [-0.2, 0) is 41.7 Å². The normalized spacial score (nSPS) is 17.7. The van der Waals surface area contributed by atoms with E-state index in [-0.39, 0.29) is 43.0 Å². The summed E-state index contributed by atoms with van der Waals surface area (Å²) < 4.78 is 0. The van der Waals surface area contributed by atoms with Gasteiger partial charge in [-0.1, -0.05) is 57.0 Å². The van der Waals surface area contributed by atoms with Crippen molar-refractivity contribution in [2.24, 2.45) is 5.92 Å². The highest BCUT2D eigenvalue weighted by Crippen LogP contribution is 2.31. The van der Waals surface area contributed by atoms with E-state index in [0.717, 1.165) is 18.4 Å². The van der Waals surface area contributed by atoms with E-state index >= 15 is 0 Å². The van der Waals surface area contributed by atoms with Crippen LogP contribution in [-0.4, -0.2) is 86.6 Å². The Morgan fingerprint density at radius 3 is 2.39 bits per heavy atom. The van der Waals surface area contributed by atoms with Gasteiger partial charge in [0.15, 0.2) is 0 Å². The first-order chi connectivity index (χ1) is 23.3. The van der Waals surface area contributed by atoms with Crippen LogP contribution in [0.4, 0.5) is 0 Å². The lowest BCUT2D eigenvalue weighted by Crippen LogP contribution is -2.61. The van der Waals surface area contributed by atoms with Crippen LogP contribution < -0.4 is 26.6 Å². The molecular weight excluding hydrogens is 628 g/mol. The topological polar surface area (TPSA) is 194 Å². The van der Waals surface area contributed by atoms with Gasteiger partial charge in [-0.2, -0.15) is 0 Å². The molecule has 0 bridgehead atoms. The summed E-state index contributed by atoms with van der Waals surface area (Å²) in [4.78, 5) is 87.7. The number of hydrogen-bond donors (Lipinski definition) is 6. The Balaban J connectivity index is 1.32. The number of benzene rings is 1. The van der Waals surface area contributed by atoms with Crippen molar-refractivity contribution in [3.05, 3.63) is 54.1 Å². The lowest BCUT2D eigenvalue weighted by Gasteiger charge is -2.32. The predicted molar refractivity (Wildman–Crippen MR) is 181 cm³/mol. The van der Waals surface area contributed by atoms with Crippen LogP contribution in [0.25, 0.3) is 0 Å². The van der Waals surface area contributed by atoms with Crippen molar-refractivity contribution < 1.29 is 28.8 Å². The zero-order valence-corrected chi connectivity index (χ0v) is 28.9. The van der Waals surface area contributed by atoms with Gasteiger partial charge in [-0.15, -0.1) is 0 Å². The first kappa shape index (κ1) is 37.1. The molecular formula is C35H50N8O6. The zero-order valence-electron chi connectivity index (χ0n) is 28.9. The molecule has 1 aromatic carbocycles. The number of carbonyl (C=O) groups is 6. The van der Waals surface area contributed by atoms with Gasteiger partial charge in [0.2, 0.25) is 35.4 Å². The standard InChI is InChI=1S/C35H50N8O6/c1-23(2)17-28(44)40-26(18-25-20-36-22-39-25)30(46)41-34(3,4)32(48)38-21-29(45)43-16-10-13-27(43)31(47)42-35(14-8-9-15-35)33(49)37-19-24-11-6-5-7-12-24/h5-7,11-12,20,22-23,26-27H,8-10,13-19,21H2,1-4H3,(H,36,39)(H,37,49)(H,38,48)(H,40,44)(H,41,46)(H,42,47)/t26-,27-/m0/s1. The molecule has 1 aliphatic carbocycles. The number of amides is 6. The van der Waals surface area contributed by atoms with Crippen LogP contribution >= 0.6 is 0 Å². The van der Waals surface area contributed by atoms with Gasteiger partial charge in [-0.3, -0.25) is 28.8 Å². The minimum atomic E-state index is -1.43. The van der Waals surface area contributed by atoms with E-state index in [1.165, 1.54) is 25.1 Å². The van der Waals surface area contributed by atoms with Crippen molar-refractivity contribution in [3.63, 3.8) is 0 Å². The Labute approximate surface area is 287 Å². The van der Waals surface area contributed by atoms with E-state index in [1.807, 2.05) is 44.2 Å². The van der Waals surface area contributed by atoms with Crippen LogP contribution in [0.2, 0.25) is 0 Å². The molecule has 14 heteroatoms. The summed E-state index contributed by atoms with van der Waals surface area (Å²) in [6, 6.07) is 7.81. The molecule has 0 spiro atoms. The van der Waals surface area contributed by atoms with Gasteiger partial charge in [-0.25, -0.2) is 4.98 Å². The van der Waals surface area contributed by atoms with E-state index in [0.29, 0.717) is 44.5 Å². The molecule has 2 aliphatic rings. The highest BCUT2D eigenvalue weighted by atomic mass is 16.2. The molecule has 2 fully saturated rings. The lowest BCUT2D eigenvalue weighted by molar-refractivity contribution is -0.141. The Hall–Kier alpha value is -4.75. The molecule has 1 aromatic heterocycles. The molecule has 1 aliphatic heterocycles. The van der Waals surface area contributed by atoms with Gasteiger partial charge in [-0.05, 0) is 51.0 Å². The smallest absolute Gasteiger partial charge is 0.246 e. The molecule has 4 rings (SSSR count). The maximum atomic E-state index is 13.6. The van der Waals surface area contributed by atoms with E-state index in [4.69, 9.17) is 0 Å². The number of hydrogen-bond acceptors (Lipinski definition) is 7. The summed E-state index contributed by atoms with van der Waals surface area (Å²) in [6.07, 6.45) is 7.08. The van der Waals surface area contributed by atoms with Gasteiger partial charge >= 0.3 is 0 Å². The summed E-state index contributed by atoms with van der Waals surface area (Å²) in [5, 5.41) is 14.0. The van der Waals surface area contributed by atoms with Crippen molar-refractivity contribution >= 4 is 35.4 Å². The molecule has 266 valence electrons. The number of aromatic amines is 1.